The molecule has 140 valence electrons. The SMILES string of the molecule is CCOC(=O)C1CCN(C(=O)c2c(C)c3cc(Cl)ccc3n2CC)CC1. The molecule has 5 nitrogen and oxygen atoms in total. The van der Waals surface area contributed by atoms with E-state index in [4.69, 9.17) is 16.3 Å². The molecule has 0 aliphatic carbocycles. The monoisotopic (exact) mass is 376 g/mol. The van der Waals surface area contributed by atoms with Crippen LogP contribution in [0.5, 0.6) is 0 Å². The Hall–Kier alpha value is -2.01. The normalized spacial score (nSPS) is 15.5. The van der Waals surface area contributed by atoms with E-state index >= 15 is 0 Å². The number of likely N-dealkylation sites (tertiary alicyclic amines) is 1. The molecule has 1 aliphatic heterocycles. The second kappa shape index (κ2) is 7.70. The first-order chi connectivity index (χ1) is 12.5. The zero-order valence-electron chi connectivity index (χ0n) is 15.5. The van der Waals surface area contributed by atoms with E-state index in [1.807, 2.05) is 43.9 Å². The number of fused-ring (bicyclic) bond motifs is 1. The summed E-state index contributed by atoms with van der Waals surface area (Å²) in [7, 11) is 0. The highest BCUT2D eigenvalue weighted by molar-refractivity contribution is 6.31. The zero-order chi connectivity index (χ0) is 18.8. The van der Waals surface area contributed by atoms with Gasteiger partial charge in [0.2, 0.25) is 0 Å². The van der Waals surface area contributed by atoms with Crippen LogP contribution in [0.3, 0.4) is 0 Å². The van der Waals surface area contributed by atoms with E-state index in [1.165, 1.54) is 0 Å². The van der Waals surface area contributed by atoms with Crippen molar-refractivity contribution in [1.29, 1.82) is 0 Å². The molecule has 0 spiro atoms. The van der Waals surface area contributed by atoms with Gasteiger partial charge in [0.1, 0.15) is 5.69 Å². The van der Waals surface area contributed by atoms with E-state index in [0.717, 1.165) is 22.2 Å². The Kier molecular flexibility index (Phi) is 5.56. The number of carbonyl (C=O) groups is 2. The number of hydrogen-bond donors (Lipinski definition) is 0. The number of ether oxygens (including phenoxy) is 1. The maximum atomic E-state index is 13.2. The predicted molar refractivity (Wildman–Crippen MR) is 103 cm³/mol. The maximum absolute atomic E-state index is 13.2. The molecule has 0 radical (unpaired) electrons. The number of esters is 1. The van der Waals surface area contributed by atoms with Gasteiger partial charge in [0, 0.05) is 35.6 Å². The van der Waals surface area contributed by atoms with Crippen LogP contribution in [0.2, 0.25) is 5.02 Å². The van der Waals surface area contributed by atoms with Gasteiger partial charge in [-0.05, 0) is 57.4 Å². The van der Waals surface area contributed by atoms with Crippen molar-refractivity contribution < 1.29 is 14.3 Å². The van der Waals surface area contributed by atoms with Crippen LogP contribution in [0, 0.1) is 12.8 Å². The summed E-state index contributed by atoms with van der Waals surface area (Å²) in [5, 5.41) is 1.69. The summed E-state index contributed by atoms with van der Waals surface area (Å²) in [5.41, 5.74) is 2.71. The van der Waals surface area contributed by atoms with Crippen LogP contribution < -0.4 is 0 Å². The first-order valence-corrected chi connectivity index (χ1v) is 9.59. The summed E-state index contributed by atoms with van der Waals surface area (Å²) in [6, 6.07) is 5.74. The molecule has 0 unspecified atom stereocenters. The van der Waals surface area contributed by atoms with Gasteiger partial charge in [-0.3, -0.25) is 9.59 Å². The molecule has 3 rings (SSSR count). The predicted octanol–water partition coefficient (Wildman–Crippen LogP) is 4.04. The number of piperidine rings is 1. The van der Waals surface area contributed by atoms with Crippen LogP contribution >= 0.6 is 11.6 Å². The Morgan fingerprint density at radius 3 is 2.54 bits per heavy atom. The Labute approximate surface area is 158 Å². The number of benzene rings is 1. The second-order valence-electron chi connectivity index (χ2n) is 6.70. The average molecular weight is 377 g/mol. The van der Waals surface area contributed by atoms with Crippen molar-refractivity contribution in [1.82, 2.24) is 9.47 Å². The number of halogens is 1. The molecule has 0 atom stereocenters. The van der Waals surface area contributed by atoms with Crippen molar-refractivity contribution >= 4 is 34.4 Å². The molecule has 1 amide bonds. The van der Waals surface area contributed by atoms with Crippen molar-refractivity contribution in [2.24, 2.45) is 5.92 Å². The lowest BCUT2D eigenvalue weighted by Crippen LogP contribution is -2.41. The van der Waals surface area contributed by atoms with E-state index in [1.54, 1.807) is 0 Å². The van der Waals surface area contributed by atoms with E-state index in [2.05, 4.69) is 4.57 Å². The Morgan fingerprint density at radius 1 is 1.23 bits per heavy atom. The van der Waals surface area contributed by atoms with E-state index in [-0.39, 0.29) is 17.8 Å². The van der Waals surface area contributed by atoms with Crippen LogP contribution in [-0.2, 0) is 16.1 Å². The minimum atomic E-state index is -0.145. The second-order valence-corrected chi connectivity index (χ2v) is 7.13. The first-order valence-electron chi connectivity index (χ1n) is 9.22. The maximum Gasteiger partial charge on any atom is 0.309 e. The van der Waals surface area contributed by atoms with Crippen LogP contribution in [0.1, 0.15) is 42.7 Å². The molecule has 0 N–H and O–H groups in total. The number of rotatable bonds is 4. The van der Waals surface area contributed by atoms with Gasteiger partial charge in [-0.1, -0.05) is 11.6 Å². The molecular formula is C20H25ClN2O3. The van der Waals surface area contributed by atoms with Gasteiger partial charge < -0.3 is 14.2 Å². The van der Waals surface area contributed by atoms with Gasteiger partial charge in [-0.15, -0.1) is 0 Å². The molecule has 1 aliphatic rings. The van der Waals surface area contributed by atoms with Gasteiger partial charge in [0.15, 0.2) is 0 Å². The van der Waals surface area contributed by atoms with Crippen molar-refractivity contribution in [3.05, 3.63) is 34.5 Å². The van der Waals surface area contributed by atoms with Gasteiger partial charge >= 0.3 is 5.97 Å². The molecule has 0 bridgehead atoms. The van der Waals surface area contributed by atoms with Gasteiger partial charge in [-0.2, -0.15) is 0 Å². The number of hydrogen-bond acceptors (Lipinski definition) is 3. The lowest BCUT2D eigenvalue weighted by molar-refractivity contribution is -0.149. The van der Waals surface area contributed by atoms with Crippen molar-refractivity contribution in [3.63, 3.8) is 0 Å². The summed E-state index contributed by atoms with van der Waals surface area (Å²) in [6.45, 7) is 8.10. The molecule has 26 heavy (non-hydrogen) atoms. The van der Waals surface area contributed by atoms with Gasteiger partial charge in [0.05, 0.1) is 12.5 Å². The largest absolute Gasteiger partial charge is 0.466 e. The highest BCUT2D eigenvalue weighted by Crippen LogP contribution is 2.30. The standard InChI is InChI=1S/C20H25ClN2O3/c1-4-23-17-7-6-15(21)12-16(17)13(3)18(23)19(24)22-10-8-14(9-11-22)20(25)26-5-2/h6-7,12,14H,4-5,8-11H2,1-3H3. The van der Waals surface area contributed by atoms with Crippen molar-refractivity contribution in [2.75, 3.05) is 19.7 Å². The molecular weight excluding hydrogens is 352 g/mol. The highest BCUT2D eigenvalue weighted by atomic mass is 35.5. The van der Waals surface area contributed by atoms with E-state index < -0.39 is 0 Å². The molecule has 0 saturated carbocycles. The molecule has 1 aromatic carbocycles. The van der Waals surface area contributed by atoms with Crippen LogP contribution in [-0.4, -0.2) is 41.0 Å². The molecule has 2 aromatic rings. The molecule has 2 heterocycles. The lowest BCUT2D eigenvalue weighted by Gasteiger charge is -2.31. The van der Waals surface area contributed by atoms with Crippen LogP contribution in [0.25, 0.3) is 10.9 Å². The highest BCUT2D eigenvalue weighted by Gasteiger charge is 2.31. The summed E-state index contributed by atoms with van der Waals surface area (Å²) in [6.07, 6.45) is 1.31. The number of carbonyl (C=O) groups excluding carboxylic acids is 2. The van der Waals surface area contributed by atoms with Gasteiger partial charge in [0.25, 0.3) is 5.91 Å². The summed E-state index contributed by atoms with van der Waals surface area (Å²) in [5.74, 6) is -0.219. The fourth-order valence-electron chi connectivity index (χ4n) is 3.83. The lowest BCUT2D eigenvalue weighted by atomic mass is 9.96. The molecule has 1 saturated heterocycles. The van der Waals surface area contributed by atoms with Crippen LogP contribution in [0.4, 0.5) is 0 Å². The van der Waals surface area contributed by atoms with Crippen LogP contribution in [0.15, 0.2) is 18.2 Å². The summed E-state index contributed by atoms with van der Waals surface area (Å²) >= 11 is 6.15. The fraction of sp³-hybridized carbons (Fsp3) is 0.500. The Balaban J connectivity index is 1.85. The van der Waals surface area contributed by atoms with E-state index in [0.29, 0.717) is 44.1 Å². The zero-order valence-corrected chi connectivity index (χ0v) is 16.3. The third-order valence-corrected chi connectivity index (χ3v) is 5.43. The van der Waals surface area contributed by atoms with Crippen molar-refractivity contribution in [3.8, 4) is 0 Å². The number of aromatic nitrogens is 1. The number of nitrogens with zero attached hydrogens (tertiary/aromatic N) is 2. The molecule has 1 aromatic heterocycles. The number of aryl methyl sites for hydroxylation is 2. The topological polar surface area (TPSA) is 51.5 Å². The molecule has 1 fully saturated rings. The summed E-state index contributed by atoms with van der Waals surface area (Å²) in [4.78, 5) is 27.0. The first kappa shape index (κ1) is 18.8. The molecule has 6 heteroatoms. The van der Waals surface area contributed by atoms with Crippen molar-refractivity contribution in [2.45, 2.75) is 40.2 Å². The average Bonchev–Trinajstić information content (AvgIpc) is 2.93. The fourth-order valence-corrected chi connectivity index (χ4v) is 4.00. The number of amides is 1. The third-order valence-electron chi connectivity index (χ3n) is 5.20. The smallest absolute Gasteiger partial charge is 0.309 e. The minimum Gasteiger partial charge on any atom is -0.466 e. The quantitative estimate of drug-likeness (QED) is 0.757. The Bertz CT molecular complexity index is 835. The summed E-state index contributed by atoms with van der Waals surface area (Å²) < 4.78 is 7.17. The third kappa shape index (κ3) is 3.32. The van der Waals surface area contributed by atoms with Gasteiger partial charge in [-0.25, -0.2) is 0 Å². The Morgan fingerprint density at radius 2 is 1.92 bits per heavy atom. The minimum absolute atomic E-state index is 0.0268. The van der Waals surface area contributed by atoms with E-state index in [9.17, 15) is 9.59 Å².